The highest BCUT2D eigenvalue weighted by Gasteiger charge is 2.34. The third-order valence-electron chi connectivity index (χ3n) is 4.81. The molecule has 0 saturated carbocycles. The minimum absolute atomic E-state index is 0.0398. The molecule has 0 spiro atoms. The lowest BCUT2D eigenvalue weighted by Crippen LogP contribution is -2.54. The third-order valence-corrected chi connectivity index (χ3v) is 5.09. The van der Waals surface area contributed by atoms with Gasteiger partial charge in [-0.2, -0.15) is 0 Å². The van der Waals surface area contributed by atoms with Crippen LogP contribution in [-0.4, -0.2) is 22.9 Å². The van der Waals surface area contributed by atoms with E-state index in [-0.39, 0.29) is 27.7 Å². The molecule has 2 aromatic carbocycles. The van der Waals surface area contributed by atoms with Crippen LogP contribution < -0.4 is 15.3 Å². The smallest absolute Gasteiger partial charge is 0.270 e. The van der Waals surface area contributed by atoms with Crippen molar-refractivity contribution in [3.63, 3.8) is 0 Å². The molecule has 0 radical (unpaired) electrons. The van der Waals surface area contributed by atoms with Gasteiger partial charge < -0.3 is 14.3 Å². The molecule has 2 amide bonds. The van der Waals surface area contributed by atoms with E-state index in [0.29, 0.717) is 16.9 Å². The maximum Gasteiger partial charge on any atom is 0.270 e. The van der Waals surface area contributed by atoms with Crippen molar-refractivity contribution in [2.75, 3.05) is 4.90 Å². The Morgan fingerprint density at radius 1 is 1.16 bits per heavy atom. The van der Waals surface area contributed by atoms with Gasteiger partial charge >= 0.3 is 0 Å². The van der Waals surface area contributed by atoms with Gasteiger partial charge in [-0.15, -0.1) is 0 Å². The molecule has 1 N–H and O–H groups in total. The molecule has 1 saturated heterocycles. The van der Waals surface area contributed by atoms with Crippen LogP contribution in [0.2, 0.25) is 0 Å². The normalized spacial score (nSPS) is 15.2. The van der Waals surface area contributed by atoms with Gasteiger partial charge in [0.25, 0.3) is 11.8 Å². The summed E-state index contributed by atoms with van der Waals surface area (Å²) in [4.78, 5) is 37.4. The maximum absolute atomic E-state index is 13.6. The van der Waals surface area contributed by atoms with E-state index in [1.807, 2.05) is 0 Å². The Kier molecular flexibility index (Phi) is 5.41. The standard InChI is InChI=1S/C23H15FN2O5S/c1-12-9-13(22(29)30)5-7-17(12)19-8-6-16(31-19)11-18-20(27)25-23(32)26(21(18)28)15-4-2-3-14(24)10-15/h2-11H,1H3,(H,29,30)(H,25,27,32)/p-1/b18-11+. The van der Waals surface area contributed by atoms with Gasteiger partial charge in [-0.05, 0) is 72.7 Å². The van der Waals surface area contributed by atoms with E-state index in [4.69, 9.17) is 16.6 Å². The highest BCUT2D eigenvalue weighted by molar-refractivity contribution is 7.80. The molecule has 0 aliphatic carbocycles. The lowest BCUT2D eigenvalue weighted by atomic mass is 10.0. The molecule has 4 rings (SSSR count). The SMILES string of the molecule is Cc1cc(C(=O)[O-])ccc1-c1ccc(/C=C2\C(=O)NC(=S)N(c3cccc(F)c3)C2=O)o1. The molecule has 1 fully saturated rings. The van der Waals surface area contributed by atoms with Gasteiger partial charge in [-0.25, -0.2) is 4.39 Å². The minimum atomic E-state index is -1.29. The van der Waals surface area contributed by atoms with E-state index in [2.05, 4.69) is 5.32 Å². The fraction of sp³-hybridized carbons (Fsp3) is 0.0435. The summed E-state index contributed by atoms with van der Waals surface area (Å²) < 4.78 is 19.4. The fourth-order valence-corrected chi connectivity index (χ4v) is 3.57. The number of thiocarbonyl (C=S) groups is 1. The average Bonchev–Trinajstić information content (AvgIpc) is 3.19. The number of nitrogens with one attached hydrogen (secondary N) is 1. The van der Waals surface area contributed by atoms with Crippen LogP contribution in [-0.2, 0) is 9.59 Å². The molecule has 1 aliphatic rings. The second-order valence-corrected chi connectivity index (χ2v) is 7.34. The molecule has 1 aliphatic heterocycles. The van der Waals surface area contributed by atoms with Crippen molar-refractivity contribution in [2.45, 2.75) is 6.92 Å². The Bertz CT molecular complexity index is 1330. The van der Waals surface area contributed by atoms with Gasteiger partial charge in [0.15, 0.2) is 5.11 Å². The molecule has 0 atom stereocenters. The molecule has 0 bridgehead atoms. The van der Waals surface area contributed by atoms with Crippen molar-refractivity contribution in [1.29, 1.82) is 0 Å². The number of anilines is 1. The van der Waals surface area contributed by atoms with Crippen LogP contribution in [0.15, 0.2) is 64.6 Å². The van der Waals surface area contributed by atoms with Gasteiger partial charge in [0.05, 0.1) is 11.7 Å². The zero-order valence-corrected chi connectivity index (χ0v) is 17.4. The lowest BCUT2D eigenvalue weighted by Gasteiger charge is -2.28. The average molecular weight is 449 g/mol. The van der Waals surface area contributed by atoms with E-state index >= 15 is 0 Å². The molecule has 9 heteroatoms. The van der Waals surface area contributed by atoms with Crippen molar-refractivity contribution < 1.29 is 28.3 Å². The highest BCUT2D eigenvalue weighted by Crippen LogP contribution is 2.28. The second-order valence-electron chi connectivity index (χ2n) is 6.96. The van der Waals surface area contributed by atoms with Gasteiger partial charge in [0.2, 0.25) is 0 Å². The van der Waals surface area contributed by atoms with Crippen LogP contribution >= 0.6 is 12.2 Å². The maximum atomic E-state index is 13.6. The number of amides is 2. The van der Waals surface area contributed by atoms with Crippen molar-refractivity contribution in [3.8, 4) is 11.3 Å². The molecular formula is C23H14FN2O5S-. The molecule has 2 heterocycles. The van der Waals surface area contributed by atoms with Crippen molar-refractivity contribution in [3.05, 3.63) is 82.9 Å². The van der Waals surface area contributed by atoms with Crippen LogP contribution in [0, 0.1) is 12.7 Å². The Morgan fingerprint density at radius 2 is 1.94 bits per heavy atom. The molecule has 3 aromatic rings. The van der Waals surface area contributed by atoms with Gasteiger partial charge in [0, 0.05) is 5.56 Å². The Hall–Kier alpha value is -4.11. The van der Waals surface area contributed by atoms with Crippen molar-refractivity contribution in [1.82, 2.24) is 5.32 Å². The number of benzene rings is 2. The summed E-state index contributed by atoms with van der Waals surface area (Å²) in [6, 6.07) is 12.9. The summed E-state index contributed by atoms with van der Waals surface area (Å²) in [5.41, 5.74) is 1.26. The van der Waals surface area contributed by atoms with E-state index in [0.717, 1.165) is 11.0 Å². The van der Waals surface area contributed by atoms with Gasteiger partial charge in [-0.3, -0.25) is 19.8 Å². The van der Waals surface area contributed by atoms with Crippen LogP contribution in [0.1, 0.15) is 21.7 Å². The topological polar surface area (TPSA) is 103 Å². The summed E-state index contributed by atoms with van der Waals surface area (Å²) >= 11 is 5.09. The lowest BCUT2D eigenvalue weighted by molar-refractivity contribution is -0.255. The predicted octanol–water partition coefficient (Wildman–Crippen LogP) is 2.59. The summed E-state index contributed by atoms with van der Waals surface area (Å²) in [6.45, 7) is 1.72. The number of carboxylic acids is 1. The summed E-state index contributed by atoms with van der Waals surface area (Å²) in [5.74, 6) is -2.64. The minimum Gasteiger partial charge on any atom is -0.545 e. The Labute approximate surface area is 186 Å². The number of furan rings is 1. The Balaban J connectivity index is 1.67. The number of carbonyl (C=O) groups is 3. The quantitative estimate of drug-likeness (QED) is 0.373. The first-order valence-electron chi connectivity index (χ1n) is 9.34. The molecule has 1 aromatic heterocycles. The first kappa shape index (κ1) is 21.1. The zero-order chi connectivity index (χ0) is 23.0. The number of rotatable bonds is 4. The number of hydrogen-bond donors (Lipinski definition) is 1. The number of carboxylic acid groups (broad SMARTS) is 1. The van der Waals surface area contributed by atoms with Gasteiger partial charge in [-0.1, -0.05) is 18.2 Å². The van der Waals surface area contributed by atoms with Crippen LogP contribution in [0.5, 0.6) is 0 Å². The number of nitrogens with zero attached hydrogens (tertiary/aromatic N) is 1. The molecular weight excluding hydrogens is 435 g/mol. The van der Waals surface area contributed by atoms with E-state index < -0.39 is 23.6 Å². The molecule has 7 nitrogen and oxygen atoms in total. The first-order chi connectivity index (χ1) is 15.2. The first-order valence-corrected chi connectivity index (χ1v) is 9.74. The van der Waals surface area contributed by atoms with Crippen LogP contribution in [0.4, 0.5) is 10.1 Å². The van der Waals surface area contributed by atoms with E-state index in [9.17, 15) is 23.9 Å². The second kappa shape index (κ2) is 8.20. The van der Waals surface area contributed by atoms with E-state index in [1.54, 1.807) is 25.1 Å². The zero-order valence-electron chi connectivity index (χ0n) is 16.5. The Morgan fingerprint density at radius 3 is 2.62 bits per heavy atom. The van der Waals surface area contributed by atoms with Crippen molar-refractivity contribution >= 4 is 46.9 Å². The predicted molar refractivity (Wildman–Crippen MR) is 116 cm³/mol. The molecule has 0 unspecified atom stereocenters. The molecule has 160 valence electrons. The number of aromatic carboxylic acids is 1. The molecule has 32 heavy (non-hydrogen) atoms. The summed E-state index contributed by atoms with van der Waals surface area (Å²) in [6.07, 6.45) is 1.26. The third kappa shape index (κ3) is 3.93. The number of carbonyl (C=O) groups excluding carboxylic acids is 3. The number of aryl methyl sites for hydroxylation is 1. The largest absolute Gasteiger partial charge is 0.545 e. The van der Waals surface area contributed by atoms with Crippen LogP contribution in [0.25, 0.3) is 17.4 Å². The summed E-state index contributed by atoms with van der Waals surface area (Å²) in [5, 5.41) is 13.3. The summed E-state index contributed by atoms with van der Waals surface area (Å²) in [7, 11) is 0. The van der Waals surface area contributed by atoms with Gasteiger partial charge in [0.1, 0.15) is 22.9 Å². The number of hydrogen-bond acceptors (Lipinski definition) is 6. The van der Waals surface area contributed by atoms with E-state index in [1.165, 1.54) is 36.4 Å². The van der Waals surface area contributed by atoms with Crippen molar-refractivity contribution in [2.24, 2.45) is 0 Å². The highest BCUT2D eigenvalue weighted by atomic mass is 32.1. The fourth-order valence-electron chi connectivity index (χ4n) is 3.29. The number of halogens is 1. The monoisotopic (exact) mass is 449 g/mol. The van der Waals surface area contributed by atoms with Crippen LogP contribution in [0.3, 0.4) is 0 Å².